The fourth-order valence-corrected chi connectivity index (χ4v) is 1.60. The van der Waals surface area contributed by atoms with Gasteiger partial charge in [0.15, 0.2) is 0 Å². The third-order valence-electron chi connectivity index (χ3n) is 1.16. The number of rotatable bonds is 1. The summed E-state index contributed by atoms with van der Waals surface area (Å²) in [5, 5.41) is 9.85. The molecule has 0 amide bonds. The molecular formula is C7H6ClNS. The van der Waals surface area contributed by atoms with Crippen molar-refractivity contribution in [2.75, 3.05) is 0 Å². The third-order valence-corrected chi connectivity index (χ3v) is 2.39. The molecule has 1 nitrogen and oxygen atoms in total. The molecule has 0 radical (unpaired) electrons. The van der Waals surface area contributed by atoms with Crippen LogP contribution in [0.15, 0.2) is 11.4 Å². The smallest absolute Gasteiger partial charge is 0.146 e. The lowest BCUT2D eigenvalue weighted by Gasteiger charge is -1.91. The van der Waals surface area contributed by atoms with Crippen LogP contribution in [0.25, 0.3) is 0 Å². The molecule has 0 aromatic carbocycles. The Labute approximate surface area is 68.9 Å². The number of aryl methyl sites for hydroxylation is 1. The van der Waals surface area contributed by atoms with Crippen LogP contribution in [0.4, 0.5) is 0 Å². The van der Waals surface area contributed by atoms with Crippen molar-refractivity contribution in [3.05, 3.63) is 21.9 Å². The molecular weight excluding hydrogens is 166 g/mol. The lowest BCUT2D eigenvalue weighted by atomic mass is 10.2. The molecule has 1 aromatic heterocycles. The standard InChI is InChI=1S/C7H6ClNS/c1-5-2-6(4-10-5)7(8)3-9/h2,4,7H,1H3. The van der Waals surface area contributed by atoms with E-state index in [1.165, 1.54) is 4.88 Å². The predicted molar refractivity (Wildman–Crippen MR) is 43.3 cm³/mol. The first-order valence-corrected chi connectivity index (χ1v) is 4.14. The largest absolute Gasteiger partial charge is 0.196 e. The van der Waals surface area contributed by atoms with Gasteiger partial charge in [-0.2, -0.15) is 5.26 Å². The average molecular weight is 172 g/mol. The quantitative estimate of drug-likeness (QED) is 0.597. The molecule has 1 atom stereocenters. The van der Waals surface area contributed by atoms with E-state index in [1.807, 2.05) is 24.4 Å². The molecule has 0 bridgehead atoms. The van der Waals surface area contributed by atoms with Crippen molar-refractivity contribution < 1.29 is 0 Å². The fourth-order valence-electron chi connectivity index (χ4n) is 0.671. The van der Waals surface area contributed by atoms with Crippen LogP contribution in [0, 0.1) is 18.3 Å². The van der Waals surface area contributed by atoms with E-state index in [-0.39, 0.29) is 0 Å². The number of hydrogen-bond donors (Lipinski definition) is 0. The molecule has 0 N–H and O–H groups in total. The van der Waals surface area contributed by atoms with Gasteiger partial charge >= 0.3 is 0 Å². The first-order valence-electron chi connectivity index (χ1n) is 2.83. The Kier molecular flexibility index (Phi) is 2.31. The van der Waals surface area contributed by atoms with Crippen LogP contribution in [0.1, 0.15) is 15.8 Å². The van der Waals surface area contributed by atoms with Crippen molar-refractivity contribution in [1.29, 1.82) is 5.26 Å². The highest BCUT2D eigenvalue weighted by atomic mass is 35.5. The molecule has 0 fully saturated rings. The van der Waals surface area contributed by atoms with Crippen LogP contribution in [0.3, 0.4) is 0 Å². The molecule has 10 heavy (non-hydrogen) atoms. The SMILES string of the molecule is Cc1cc(C(Cl)C#N)cs1. The van der Waals surface area contributed by atoms with Crippen molar-refractivity contribution in [1.82, 2.24) is 0 Å². The second kappa shape index (κ2) is 3.05. The second-order valence-electron chi connectivity index (χ2n) is 1.98. The van der Waals surface area contributed by atoms with Crippen LogP contribution in [-0.2, 0) is 0 Å². The van der Waals surface area contributed by atoms with Gasteiger partial charge in [0.2, 0.25) is 0 Å². The molecule has 52 valence electrons. The van der Waals surface area contributed by atoms with Crippen molar-refractivity contribution in [2.45, 2.75) is 12.3 Å². The van der Waals surface area contributed by atoms with E-state index < -0.39 is 5.38 Å². The summed E-state index contributed by atoms with van der Waals surface area (Å²) in [6.45, 7) is 2.00. The van der Waals surface area contributed by atoms with Gasteiger partial charge in [0, 0.05) is 4.88 Å². The number of nitriles is 1. The molecule has 0 saturated heterocycles. The van der Waals surface area contributed by atoms with Crippen LogP contribution in [0.2, 0.25) is 0 Å². The molecule has 3 heteroatoms. The van der Waals surface area contributed by atoms with Crippen LogP contribution >= 0.6 is 22.9 Å². The maximum Gasteiger partial charge on any atom is 0.146 e. The summed E-state index contributed by atoms with van der Waals surface area (Å²) in [4.78, 5) is 1.19. The average Bonchev–Trinajstić information content (AvgIpc) is 2.34. The maximum atomic E-state index is 8.42. The molecule has 0 aliphatic carbocycles. The van der Waals surface area contributed by atoms with Gasteiger partial charge in [0.05, 0.1) is 6.07 Å². The van der Waals surface area contributed by atoms with Crippen molar-refractivity contribution >= 4 is 22.9 Å². The van der Waals surface area contributed by atoms with E-state index in [2.05, 4.69) is 0 Å². The predicted octanol–water partition coefficient (Wildman–Crippen LogP) is 2.86. The zero-order valence-corrected chi connectivity index (χ0v) is 7.04. The van der Waals surface area contributed by atoms with Gasteiger partial charge in [-0.05, 0) is 23.9 Å². The summed E-state index contributed by atoms with van der Waals surface area (Å²) in [5.74, 6) is 0. The van der Waals surface area contributed by atoms with Crippen LogP contribution in [0.5, 0.6) is 0 Å². The van der Waals surface area contributed by atoms with E-state index >= 15 is 0 Å². The minimum Gasteiger partial charge on any atom is -0.196 e. The van der Waals surface area contributed by atoms with E-state index in [0.29, 0.717) is 0 Å². The van der Waals surface area contributed by atoms with Gasteiger partial charge in [0.1, 0.15) is 5.38 Å². The Morgan fingerprint density at radius 2 is 2.50 bits per heavy atom. The molecule has 0 spiro atoms. The summed E-state index contributed by atoms with van der Waals surface area (Å²) in [7, 11) is 0. The summed E-state index contributed by atoms with van der Waals surface area (Å²) in [5.41, 5.74) is 0.909. The van der Waals surface area contributed by atoms with Gasteiger partial charge in [-0.25, -0.2) is 0 Å². The molecule has 1 heterocycles. The van der Waals surface area contributed by atoms with E-state index in [0.717, 1.165) is 5.56 Å². The number of thiophene rings is 1. The molecule has 0 saturated carbocycles. The topological polar surface area (TPSA) is 23.8 Å². The number of nitrogens with zero attached hydrogens (tertiary/aromatic N) is 1. The Morgan fingerprint density at radius 3 is 2.90 bits per heavy atom. The van der Waals surface area contributed by atoms with Gasteiger partial charge in [-0.15, -0.1) is 22.9 Å². The lowest BCUT2D eigenvalue weighted by Crippen LogP contribution is -1.79. The summed E-state index contributed by atoms with van der Waals surface area (Å²) in [6.07, 6.45) is 0. The zero-order valence-electron chi connectivity index (χ0n) is 5.47. The molecule has 1 unspecified atom stereocenters. The van der Waals surface area contributed by atoms with Crippen molar-refractivity contribution in [2.24, 2.45) is 0 Å². The Balaban J connectivity index is 2.87. The summed E-state index contributed by atoms with van der Waals surface area (Å²) in [6, 6.07) is 3.90. The highest BCUT2D eigenvalue weighted by molar-refractivity contribution is 7.10. The first-order chi connectivity index (χ1) is 4.74. The number of halogens is 1. The second-order valence-corrected chi connectivity index (χ2v) is 3.53. The third kappa shape index (κ3) is 1.50. The Bertz CT molecular complexity index is 261. The Morgan fingerprint density at radius 1 is 1.80 bits per heavy atom. The number of alkyl halides is 1. The minimum absolute atomic E-state index is 0.482. The maximum absolute atomic E-state index is 8.42. The van der Waals surface area contributed by atoms with Crippen LogP contribution in [-0.4, -0.2) is 0 Å². The lowest BCUT2D eigenvalue weighted by molar-refractivity contribution is 1.23. The highest BCUT2D eigenvalue weighted by Crippen LogP contribution is 2.24. The fraction of sp³-hybridized carbons (Fsp3) is 0.286. The van der Waals surface area contributed by atoms with Gasteiger partial charge in [-0.3, -0.25) is 0 Å². The van der Waals surface area contributed by atoms with E-state index in [1.54, 1.807) is 11.3 Å². The summed E-state index contributed by atoms with van der Waals surface area (Å²) >= 11 is 7.26. The van der Waals surface area contributed by atoms with Gasteiger partial charge in [-0.1, -0.05) is 0 Å². The normalized spacial score (nSPS) is 12.5. The number of hydrogen-bond acceptors (Lipinski definition) is 2. The Hall–Kier alpha value is -0.520. The van der Waals surface area contributed by atoms with E-state index in [9.17, 15) is 0 Å². The molecule has 1 rings (SSSR count). The monoisotopic (exact) mass is 171 g/mol. The summed E-state index contributed by atoms with van der Waals surface area (Å²) < 4.78 is 0. The molecule has 0 aliphatic rings. The minimum atomic E-state index is -0.482. The van der Waals surface area contributed by atoms with E-state index in [4.69, 9.17) is 16.9 Å². The molecule has 1 aromatic rings. The first kappa shape index (κ1) is 7.59. The van der Waals surface area contributed by atoms with Gasteiger partial charge < -0.3 is 0 Å². The zero-order chi connectivity index (χ0) is 7.56. The highest BCUT2D eigenvalue weighted by Gasteiger charge is 2.06. The van der Waals surface area contributed by atoms with Crippen LogP contribution < -0.4 is 0 Å². The van der Waals surface area contributed by atoms with Crippen molar-refractivity contribution in [3.63, 3.8) is 0 Å². The van der Waals surface area contributed by atoms with Gasteiger partial charge in [0.25, 0.3) is 0 Å². The van der Waals surface area contributed by atoms with Crippen molar-refractivity contribution in [3.8, 4) is 6.07 Å². The molecule has 0 aliphatic heterocycles.